The minimum Gasteiger partial charge on any atom is -0.459 e. The van der Waals surface area contributed by atoms with E-state index in [1.54, 1.807) is 43.3 Å². The molecule has 3 rings (SSSR count). The minimum atomic E-state index is -0.579. The summed E-state index contributed by atoms with van der Waals surface area (Å²) in [7, 11) is 0. The zero-order valence-corrected chi connectivity index (χ0v) is 15.6. The third kappa shape index (κ3) is 4.89. The van der Waals surface area contributed by atoms with E-state index in [0.717, 1.165) is 6.07 Å². The van der Waals surface area contributed by atoms with Crippen molar-refractivity contribution in [3.05, 3.63) is 77.5 Å². The van der Waals surface area contributed by atoms with Crippen molar-refractivity contribution >= 4 is 40.5 Å². The second-order valence-electron chi connectivity index (χ2n) is 5.99. The van der Waals surface area contributed by atoms with E-state index in [1.165, 1.54) is 18.4 Å². The number of carbonyl (C=O) groups excluding carboxylic acids is 2. The molecule has 3 aromatic rings. The number of rotatable bonds is 6. The van der Waals surface area contributed by atoms with Crippen molar-refractivity contribution in [1.29, 1.82) is 0 Å². The van der Waals surface area contributed by atoms with Crippen LogP contribution in [0.1, 0.15) is 17.5 Å². The Morgan fingerprint density at radius 2 is 1.75 bits per heavy atom. The summed E-state index contributed by atoms with van der Waals surface area (Å²) in [6, 6.07) is 13.2. The summed E-state index contributed by atoms with van der Waals surface area (Å²) in [5.74, 6) is -0.946. The Morgan fingerprint density at radius 1 is 1.04 bits per heavy atom. The van der Waals surface area contributed by atoms with E-state index in [-0.39, 0.29) is 22.6 Å². The van der Waals surface area contributed by atoms with Crippen molar-refractivity contribution < 1.29 is 18.4 Å². The fourth-order valence-corrected chi connectivity index (χ4v) is 2.61. The molecule has 0 aliphatic rings. The maximum Gasteiger partial charge on any atom is 0.291 e. The van der Waals surface area contributed by atoms with E-state index in [1.807, 2.05) is 0 Å². The van der Waals surface area contributed by atoms with Gasteiger partial charge in [-0.1, -0.05) is 11.6 Å². The maximum absolute atomic E-state index is 13.1. The van der Waals surface area contributed by atoms with Gasteiger partial charge in [0.1, 0.15) is 11.9 Å². The Balaban J connectivity index is 1.57. The lowest BCUT2D eigenvalue weighted by molar-refractivity contribution is -0.116. The molecule has 0 saturated heterocycles. The molecule has 0 aliphatic carbocycles. The average molecular weight is 402 g/mol. The molecule has 28 heavy (non-hydrogen) atoms. The van der Waals surface area contributed by atoms with Crippen LogP contribution in [0.2, 0.25) is 5.02 Å². The number of hydrogen-bond acceptors (Lipinski definition) is 4. The molecular formula is C20H17ClFN3O3. The average Bonchev–Trinajstić information content (AvgIpc) is 3.20. The Kier molecular flexibility index (Phi) is 5.96. The van der Waals surface area contributed by atoms with Gasteiger partial charge in [0.2, 0.25) is 5.91 Å². The summed E-state index contributed by atoms with van der Waals surface area (Å²) >= 11 is 5.92. The van der Waals surface area contributed by atoms with Gasteiger partial charge in [0.25, 0.3) is 5.91 Å². The van der Waals surface area contributed by atoms with E-state index in [2.05, 4.69) is 16.0 Å². The van der Waals surface area contributed by atoms with E-state index in [0.29, 0.717) is 17.1 Å². The molecule has 8 heteroatoms. The summed E-state index contributed by atoms with van der Waals surface area (Å²) < 4.78 is 18.1. The third-order valence-electron chi connectivity index (χ3n) is 3.85. The standard InChI is InChI=1S/C20H17ClFN3O3/c1-12(19(26)25-17-9-4-13(22)11-16(17)21)23-14-5-7-15(8-6-14)24-20(27)18-3-2-10-28-18/h2-12,23H,1H3,(H,24,27)(H,25,26). The molecule has 0 bridgehead atoms. The van der Waals surface area contributed by atoms with Crippen LogP contribution in [0.4, 0.5) is 21.5 Å². The van der Waals surface area contributed by atoms with Gasteiger partial charge in [-0.05, 0) is 61.5 Å². The number of nitrogens with one attached hydrogen (secondary N) is 3. The number of benzene rings is 2. The van der Waals surface area contributed by atoms with Gasteiger partial charge in [-0.15, -0.1) is 0 Å². The van der Waals surface area contributed by atoms with Gasteiger partial charge >= 0.3 is 0 Å². The highest BCUT2D eigenvalue weighted by molar-refractivity contribution is 6.33. The summed E-state index contributed by atoms with van der Waals surface area (Å²) in [6.07, 6.45) is 1.42. The van der Waals surface area contributed by atoms with Gasteiger partial charge in [-0.25, -0.2) is 4.39 Å². The predicted molar refractivity (Wildman–Crippen MR) is 106 cm³/mol. The van der Waals surface area contributed by atoms with Crippen molar-refractivity contribution in [2.45, 2.75) is 13.0 Å². The summed E-state index contributed by atoms with van der Waals surface area (Å²) in [5, 5.41) is 8.51. The van der Waals surface area contributed by atoms with Crippen LogP contribution in [0.15, 0.2) is 65.3 Å². The molecule has 0 radical (unpaired) electrons. The highest BCUT2D eigenvalue weighted by Crippen LogP contribution is 2.23. The second kappa shape index (κ2) is 8.58. The first-order valence-electron chi connectivity index (χ1n) is 8.40. The molecule has 3 N–H and O–H groups in total. The normalized spacial score (nSPS) is 11.5. The topological polar surface area (TPSA) is 83.4 Å². The van der Waals surface area contributed by atoms with Crippen LogP contribution in [-0.2, 0) is 4.79 Å². The Labute approximate surface area is 165 Å². The van der Waals surface area contributed by atoms with Gasteiger partial charge < -0.3 is 20.4 Å². The van der Waals surface area contributed by atoms with Gasteiger partial charge in [-0.2, -0.15) is 0 Å². The number of hydrogen-bond donors (Lipinski definition) is 3. The molecule has 0 spiro atoms. The lowest BCUT2D eigenvalue weighted by atomic mass is 10.2. The molecule has 0 saturated carbocycles. The molecule has 0 aliphatic heterocycles. The van der Waals surface area contributed by atoms with Crippen LogP contribution in [0, 0.1) is 5.82 Å². The molecule has 1 unspecified atom stereocenters. The van der Waals surface area contributed by atoms with Crippen molar-refractivity contribution in [1.82, 2.24) is 0 Å². The first kappa shape index (κ1) is 19.4. The van der Waals surface area contributed by atoms with Crippen molar-refractivity contribution in [2.24, 2.45) is 0 Å². The van der Waals surface area contributed by atoms with E-state index in [9.17, 15) is 14.0 Å². The molecule has 0 fully saturated rings. The fraction of sp³-hybridized carbons (Fsp3) is 0.100. The molecule has 6 nitrogen and oxygen atoms in total. The van der Waals surface area contributed by atoms with E-state index >= 15 is 0 Å². The lowest BCUT2D eigenvalue weighted by Crippen LogP contribution is -2.31. The molecule has 144 valence electrons. The quantitative estimate of drug-likeness (QED) is 0.556. The van der Waals surface area contributed by atoms with Gasteiger partial charge in [0.05, 0.1) is 17.0 Å². The first-order chi connectivity index (χ1) is 13.4. The van der Waals surface area contributed by atoms with Gasteiger partial charge in [0, 0.05) is 11.4 Å². The first-order valence-corrected chi connectivity index (χ1v) is 8.77. The Hall–Kier alpha value is -3.32. The fourth-order valence-electron chi connectivity index (χ4n) is 2.40. The van der Waals surface area contributed by atoms with Gasteiger partial charge in [0.15, 0.2) is 5.76 Å². The zero-order valence-electron chi connectivity index (χ0n) is 14.8. The number of furan rings is 1. The van der Waals surface area contributed by atoms with Crippen LogP contribution >= 0.6 is 11.6 Å². The molecule has 1 heterocycles. The summed E-state index contributed by atoms with van der Waals surface area (Å²) in [4.78, 5) is 24.2. The van der Waals surface area contributed by atoms with E-state index < -0.39 is 11.9 Å². The molecule has 2 amide bonds. The van der Waals surface area contributed by atoms with Crippen molar-refractivity contribution in [2.75, 3.05) is 16.0 Å². The Bertz CT molecular complexity index is 975. The van der Waals surface area contributed by atoms with Crippen LogP contribution in [0.5, 0.6) is 0 Å². The van der Waals surface area contributed by atoms with Crippen molar-refractivity contribution in [3.8, 4) is 0 Å². The van der Waals surface area contributed by atoms with Crippen LogP contribution in [0.25, 0.3) is 0 Å². The zero-order chi connectivity index (χ0) is 20.1. The summed E-state index contributed by atoms with van der Waals surface area (Å²) in [5.41, 5.74) is 1.60. The second-order valence-corrected chi connectivity index (χ2v) is 6.40. The SMILES string of the molecule is CC(Nc1ccc(NC(=O)c2ccco2)cc1)C(=O)Nc1ccc(F)cc1Cl. The highest BCUT2D eigenvalue weighted by atomic mass is 35.5. The third-order valence-corrected chi connectivity index (χ3v) is 4.17. The predicted octanol–water partition coefficient (Wildman–Crippen LogP) is 4.76. The van der Waals surface area contributed by atoms with Gasteiger partial charge in [-0.3, -0.25) is 9.59 Å². The number of halogens is 2. The number of amides is 2. The molecular weight excluding hydrogens is 385 g/mol. The number of carbonyl (C=O) groups is 2. The summed E-state index contributed by atoms with van der Waals surface area (Å²) in [6.45, 7) is 1.68. The maximum atomic E-state index is 13.1. The smallest absolute Gasteiger partial charge is 0.291 e. The minimum absolute atomic E-state index is 0.122. The Morgan fingerprint density at radius 3 is 2.39 bits per heavy atom. The van der Waals surface area contributed by atoms with Crippen LogP contribution in [0.3, 0.4) is 0 Å². The van der Waals surface area contributed by atoms with Crippen LogP contribution < -0.4 is 16.0 Å². The number of anilines is 3. The highest BCUT2D eigenvalue weighted by Gasteiger charge is 2.15. The molecule has 1 atom stereocenters. The van der Waals surface area contributed by atoms with E-state index in [4.69, 9.17) is 16.0 Å². The lowest BCUT2D eigenvalue weighted by Gasteiger charge is -2.16. The van der Waals surface area contributed by atoms with Crippen LogP contribution in [-0.4, -0.2) is 17.9 Å². The molecule has 2 aromatic carbocycles. The molecule has 1 aromatic heterocycles. The largest absolute Gasteiger partial charge is 0.459 e. The van der Waals surface area contributed by atoms with Crippen molar-refractivity contribution in [3.63, 3.8) is 0 Å². The monoisotopic (exact) mass is 401 g/mol.